The van der Waals surface area contributed by atoms with Gasteiger partial charge in [-0.1, -0.05) is 64.1 Å². The zero-order valence-electron chi connectivity index (χ0n) is 12.5. The van der Waals surface area contributed by atoms with Gasteiger partial charge in [0, 0.05) is 0 Å². The average molecular weight is 228 g/mol. The second kappa shape index (κ2) is 47.9. The fourth-order valence-electron chi connectivity index (χ4n) is 0.385. The third-order valence-corrected chi connectivity index (χ3v) is 0.667. The van der Waals surface area contributed by atoms with Gasteiger partial charge in [-0.2, -0.15) is 0 Å². The molecular weight excluding hydrogens is 196 g/mol. The first kappa shape index (κ1) is 24.4. The van der Waals surface area contributed by atoms with Crippen LogP contribution in [-0.2, 0) is 0 Å². The Bertz CT molecular complexity index is 101. The maximum absolute atomic E-state index is 2.75. The Labute approximate surface area is 103 Å². The summed E-state index contributed by atoms with van der Waals surface area (Å²) < 4.78 is 0. The maximum Gasteiger partial charge on any atom is -0.0167 e. The summed E-state index contributed by atoms with van der Waals surface area (Å²) in [7, 11) is 7.50. The van der Waals surface area contributed by atoms with Gasteiger partial charge in [-0.3, -0.25) is 0 Å². The van der Waals surface area contributed by atoms with Gasteiger partial charge >= 0.3 is 0 Å². The Balaban J connectivity index is -0.0000000630. The highest BCUT2D eigenvalue weighted by Gasteiger charge is 1.57. The molecule has 1 rings (SSSR count). The molecule has 0 saturated carbocycles. The molecule has 0 aliphatic carbocycles. The zero-order valence-corrected chi connectivity index (χ0v) is 12.5. The largest absolute Gasteiger partial charge is 0.323 e. The molecule has 0 aromatic heterocycles. The van der Waals surface area contributed by atoms with Crippen LogP contribution in [0.5, 0.6) is 0 Å². The van der Waals surface area contributed by atoms with E-state index in [1.165, 1.54) is 0 Å². The van der Waals surface area contributed by atoms with E-state index in [0.717, 1.165) is 0 Å². The van der Waals surface area contributed by atoms with Gasteiger partial charge in [0.2, 0.25) is 0 Å². The molecule has 1 aromatic carbocycles. The minimum atomic E-state index is 1.88. The molecule has 2 N–H and O–H groups in total. The second-order valence-corrected chi connectivity index (χ2v) is 2.15. The molecule has 98 valence electrons. The summed E-state index contributed by atoms with van der Waals surface area (Å²) in [5.41, 5.74) is 0. The van der Waals surface area contributed by atoms with Crippen LogP contribution in [-0.4, -0.2) is 28.2 Å². The number of nitrogens with one attached hydrogen (secondary N) is 2. The highest BCUT2D eigenvalue weighted by atomic mass is 14.7. The standard InChI is InChI=1S/C6H6.2C2H7N.2C2H6/c1-2-4-6-5-3-1;2*1-3-2;2*1-2/h1-6H;2*3H,1-2H3;2*1-2H3. The average Bonchev–Trinajstić information content (AvgIpc) is 2.38. The SMILES string of the molecule is CC.CC.CNC.CNC.c1ccccc1. The van der Waals surface area contributed by atoms with Gasteiger partial charge in [0.15, 0.2) is 0 Å². The molecule has 16 heavy (non-hydrogen) atoms. The summed E-state index contributed by atoms with van der Waals surface area (Å²) in [5.74, 6) is 0. The Morgan fingerprint density at radius 2 is 0.500 bits per heavy atom. The first-order chi connectivity index (χ1) is 7.83. The van der Waals surface area contributed by atoms with Gasteiger partial charge in [0.05, 0.1) is 0 Å². The van der Waals surface area contributed by atoms with Crippen molar-refractivity contribution in [1.82, 2.24) is 10.6 Å². The normalized spacial score (nSPS) is 6.00. The van der Waals surface area contributed by atoms with E-state index in [0.29, 0.717) is 0 Å². The lowest BCUT2D eigenvalue weighted by molar-refractivity contribution is 1.02. The van der Waals surface area contributed by atoms with Crippen LogP contribution in [0.4, 0.5) is 0 Å². The van der Waals surface area contributed by atoms with Crippen molar-refractivity contribution in [2.24, 2.45) is 0 Å². The summed E-state index contributed by atoms with van der Waals surface area (Å²) >= 11 is 0. The number of rotatable bonds is 0. The minimum absolute atomic E-state index is 1.88. The van der Waals surface area contributed by atoms with Crippen molar-refractivity contribution in [2.75, 3.05) is 28.2 Å². The molecule has 2 heteroatoms. The summed E-state index contributed by atoms with van der Waals surface area (Å²) in [5, 5.41) is 5.50. The second-order valence-electron chi connectivity index (χ2n) is 2.15. The molecule has 0 saturated heterocycles. The number of benzene rings is 1. The van der Waals surface area contributed by atoms with Gasteiger partial charge in [-0.15, -0.1) is 0 Å². The Kier molecular flexibility index (Phi) is 73.0. The van der Waals surface area contributed by atoms with Crippen LogP contribution in [0.1, 0.15) is 27.7 Å². The van der Waals surface area contributed by atoms with Crippen molar-refractivity contribution >= 4 is 0 Å². The fourth-order valence-corrected chi connectivity index (χ4v) is 0.385. The molecule has 0 fully saturated rings. The van der Waals surface area contributed by atoms with Crippen LogP contribution >= 0.6 is 0 Å². The highest BCUT2D eigenvalue weighted by molar-refractivity contribution is 4.99. The molecule has 0 heterocycles. The van der Waals surface area contributed by atoms with Crippen LogP contribution in [0.3, 0.4) is 0 Å². The molecule has 0 spiro atoms. The van der Waals surface area contributed by atoms with Crippen molar-refractivity contribution in [3.05, 3.63) is 36.4 Å². The molecule has 0 radical (unpaired) electrons. The van der Waals surface area contributed by atoms with E-state index < -0.39 is 0 Å². The van der Waals surface area contributed by atoms with Crippen molar-refractivity contribution in [1.29, 1.82) is 0 Å². The summed E-state index contributed by atoms with van der Waals surface area (Å²) in [4.78, 5) is 0. The Hall–Kier alpha value is -0.860. The molecular formula is C14H32N2. The van der Waals surface area contributed by atoms with E-state index in [-0.39, 0.29) is 0 Å². The van der Waals surface area contributed by atoms with Crippen molar-refractivity contribution in [2.45, 2.75) is 27.7 Å². The molecule has 0 amide bonds. The lowest BCUT2D eigenvalue weighted by Gasteiger charge is -1.69. The minimum Gasteiger partial charge on any atom is -0.323 e. The summed E-state index contributed by atoms with van der Waals surface area (Å²) in [6.07, 6.45) is 0. The lowest BCUT2D eigenvalue weighted by atomic mass is 10.4. The zero-order chi connectivity index (χ0) is 13.7. The van der Waals surface area contributed by atoms with Gasteiger partial charge in [-0.05, 0) is 28.2 Å². The molecule has 2 nitrogen and oxygen atoms in total. The van der Waals surface area contributed by atoms with E-state index in [2.05, 4.69) is 10.6 Å². The van der Waals surface area contributed by atoms with Crippen molar-refractivity contribution in [3.63, 3.8) is 0 Å². The van der Waals surface area contributed by atoms with E-state index in [1.54, 1.807) is 0 Å². The smallest absolute Gasteiger partial charge is 0.0167 e. The van der Waals surface area contributed by atoms with Gasteiger partial charge in [0.1, 0.15) is 0 Å². The Morgan fingerprint density at radius 3 is 0.562 bits per heavy atom. The van der Waals surface area contributed by atoms with Crippen molar-refractivity contribution < 1.29 is 0 Å². The third-order valence-electron chi connectivity index (χ3n) is 0.667. The quantitative estimate of drug-likeness (QED) is 0.711. The topological polar surface area (TPSA) is 24.1 Å². The summed E-state index contributed by atoms with van der Waals surface area (Å²) in [6.45, 7) is 8.00. The first-order valence-corrected chi connectivity index (χ1v) is 6.00. The number of hydrogen-bond acceptors (Lipinski definition) is 2. The van der Waals surface area contributed by atoms with E-state index in [1.807, 2.05) is 92.3 Å². The van der Waals surface area contributed by atoms with Gasteiger partial charge in [-0.25, -0.2) is 0 Å². The molecule has 0 atom stereocenters. The van der Waals surface area contributed by atoms with Crippen LogP contribution in [0.25, 0.3) is 0 Å². The van der Waals surface area contributed by atoms with Gasteiger partial charge in [0.25, 0.3) is 0 Å². The maximum atomic E-state index is 2.75. The Morgan fingerprint density at radius 1 is 0.438 bits per heavy atom. The summed E-state index contributed by atoms with van der Waals surface area (Å²) in [6, 6.07) is 12.0. The van der Waals surface area contributed by atoms with Gasteiger partial charge < -0.3 is 10.6 Å². The predicted molar refractivity (Wildman–Crippen MR) is 79.1 cm³/mol. The van der Waals surface area contributed by atoms with Crippen LogP contribution in [0, 0.1) is 0 Å². The third kappa shape index (κ3) is 73.3. The monoisotopic (exact) mass is 228 g/mol. The van der Waals surface area contributed by atoms with Crippen LogP contribution in [0.15, 0.2) is 36.4 Å². The van der Waals surface area contributed by atoms with Crippen LogP contribution in [0.2, 0.25) is 0 Å². The molecule has 1 aromatic rings. The fraction of sp³-hybridized carbons (Fsp3) is 0.571. The molecule has 0 aliphatic heterocycles. The molecule has 0 unspecified atom stereocenters. The highest BCUT2D eigenvalue weighted by Crippen LogP contribution is 1.79. The lowest BCUT2D eigenvalue weighted by Crippen LogP contribution is -1.89. The van der Waals surface area contributed by atoms with Crippen molar-refractivity contribution in [3.8, 4) is 0 Å². The first-order valence-electron chi connectivity index (χ1n) is 6.00. The van der Waals surface area contributed by atoms with E-state index in [4.69, 9.17) is 0 Å². The van der Waals surface area contributed by atoms with Crippen LogP contribution < -0.4 is 10.6 Å². The number of hydrogen-bond donors (Lipinski definition) is 2. The molecule has 0 aliphatic rings. The molecule has 0 bridgehead atoms. The van der Waals surface area contributed by atoms with E-state index >= 15 is 0 Å². The van der Waals surface area contributed by atoms with E-state index in [9.17, 15) is 0 Å². The predicted octanol–water partition coefficient (Wildman–Crippen LogP) is 3.41.